The van der Waals surface area contributed by atoms with E-state index in [1.54, 1.807) is 29.2 Å². The average Bonchev–Trinajstić information content (AvgIpc) is 2.83. The van der Waals surface area contributed by atoms with Crippen molar-refractivity contribution in [2.45, 2.75) is 6.54 Å². The van der Waals surface area contributed by atoms with Crippen LogP contribution in [0.15, 0.2) is 36.4 Å². The summed E-state index contributed by atoms with van der Waals surface area (Å²) in [5.74, 6) is 0.156. The number of nitrogens with one attached hydrogen (secondary N) is 1. The molecule has 0 radical (unpaired) electrons. The van der Waals surface area contributed by atoms with Crippen LogP contribution in [0.5, 0.6) is 17.2 Å². The van der Waals surface area contributed by atoms with E-state index in [4.69, 9.17) is 14.2 Å². The molecular weight excluding hydrogens is 417 g/mol. The molecule has 0 aliphatic carbocycles. The van der Waals surface area contributed by atoms with Crippen molar-refractivity contribution in [3.8, 4) is 17.2 Å². The molecule has 0 spiro atoms. The number of nitrogens with zero attached hydrogens (tertiary/aromatic N) is 2. The van der Waals surface area contributed by atoms with Gasteiger partial charge in [-0.05, 0) is 29.8 Å². The molecule has 2 aromatic carbocycles. The van der Waals surface area contributed by atoms with E-state index in [1.165, 1.54) is 38.4 Å². The molecule has 9 heteroatoms. The number of amides is 2. The molecule has 172 valence electrons. The molecule has 3 rings (SSSR count). The monoisotopic (exact) mass is 445 g/mol. The quantitative estimate of drug-likeness (QED) is 0.669. The lowest BCUT2D eigenvalue weighted by atomic mass is 10.1. The van der Waals surface area contributed by atoms with Crippen molar-refractivity contribution in [1.82, 2.24) is 15.1 Å². The van der Waals surface area contributed by atoms with Gasteiger partial charge in [0.15, 0.2) is 11.5 Å². The lowest BCUT2D eigenvalue weighted by Crippen LogP contribution is -2.50. The maximum Gasteiger partial charge on any atom is 0.254 e. The van der Waals surface area contributed by atoms with Crippen molar-refractivity contribution in [2.24, 2.45) is 0 Å². The number of piperazine rings is 1. The summed E-state index contributed by atoms with van der Waals surface area (Å²) in [6.45, 7) is 2.64. The van der Waals surface area contributed by atoms with Gasteiger partial charge in [-0.25, -0.2) is 4.39 Å². The first-order chi connectivity index (χ1) is 15.5. The number of hydrogen-bond donors (Lipinski definition) is 1. The van der Waals surface area contributed by atoms with Gasteiger partial charge in [0.25, 0.3) is 5.91 Å². The van der Waals surface area contributed by atoms with Gasteiger partial charge < -0.3 is 29.3 Å². The predicted octanol–water partition coefficient (Wildman–Crippen LogP) is 1.93. The Morgan fingerprint density at radius 2 is 1.59 bits per heavy atom. The van der Waals surface area contributed by atoms with Gasteiger partial charge in [0.1, 0.15) is 12.4 Å². The Hall–Kier alpha value is -3.33. The molecule has 1 aliphatic heterocycles. The largest absolute Gasteiger partial charge is 0.493 e. The second kappa shape index (κ2) is 10.8. The second-order valence-corrected chi connectivity index (χ2v) is 7.33. The zero-order valence-corrected chi connectivity index (χ0v) is 18.5. The van der Waals surface area contributed by atoms with Gasteiger partial charge in [0.2, 0.25) is 11.7 Å². The van der Waals surface area contributed by atoms with Crippen LogP contribution in [0.2, 0.25) is 0 Å². The minimum Gasteiger partial charge on any atom is -0.493 e. The van der Waals surface area contributed by atoms with Crippen LogP contribution in [0, 0.1) is 5.82 Å². The lowest BCUT2D eigenvalue weighted by molar-refractivity contribution is -0.132. The van der Waals surface area contributed by atoms with Crippen LogP contribution in [0.25, 0.3) is 0 Å². The molecule has 1 saturated heterocycles. The molecule has 0 atom stereocenters. The first kappa shape index (κ1) is 23.3. The number of halogens is 1. The van der Waals surface area contributed by atoms with E-state index < -0.39 is 0 Å². The Balaban J connectivity index is 1.91. The Labute approximate surface area is 186 Å². The molecule has 0 unspecified atom stereocenters. The van der Waals surface area contributed by atoms with Crippen LogP contribution >= 0.6 is 0 Å². The van der Waals surface area contributed by atoms with E-state index >= 15 is 0 Å². The van der Waals surface area contributed by atoms with Crippen LogP contribution in [-0.2, 0) is 11.3 Å². The van der Waals surface area contributed by atoms with Gasteiger partial charge in [0, 0.05) is 38.3 Å². The molecule has 1 heterocycles. The molecule has 2 amide bonds. The molecule has 32 heavy (non-hydrogen) atoms. The molecule has 1 aliphatic rings. The minimum atomic E-state index is -0.378. The number of carbonyl (C=O) groups excluding carboxylic acids is 2. The SMILES string of the molecule is COc1cc(C(=O)N(CC(=O)N2CCNCC2)Cc2ccc(F)cc2)cc(OC)c1OC. The maximum absolute atomic E-state index is 13.5. The Kier molecular flexibility index (Phi) is 7.88. The highest BCUT2D eigenvalue weighted by Crippen LogP contribution is 2.38. The number of methoxy groups -OCH3 is 3. The van der Waals surface area contributed by atoms with Gasteiger partial charge in [-0.3, -0.25) is 9.59 Å². The summed E-state index contributed by atoms with van der Waals surface area (Å²) in [5, 5.41) is 3.20. The Morgan fingerprint density at radius 1 is 1.00 bits per heavy atom. The number of carbonyl (C=O) groups is 2. The van der Waals surface area contributed by atoms with Crippen molar-refractivity contribution in [3.05, 3.63) is 53.3 Å². The highest BCUT2D eigenvalue weighted by Gasteiger charge is 2.25. The van der Waals surface area contributed by atoms with Gasteiger partial charge in [-0.2, -0.15) is 0 Å². The van der Waals surface area contributed by atoms with E-state index in [1.807, 2.05) is 0 Å². The minimum absolute atomic E-state index is 0.104. The van der Waals surface area contributed by atoms with Gasteiger partial charge in [-0.1, -0.05) is 12.1 Å². The summed E-state index contributed by atoms with van der Waals surface area (Å²) in [7, 11) is 4.42. The van der Waals surface area contributed by atoms with Crippen molar-refractivity contribution >= 4 is 11.8 Å². The van der Waals surface area contributed by atoms with Gasteiger partial charge in [-0.15, -0.1) is 0 Å². The van der Waals surface area contributed by atoms with Crippen LogP contribution < -0.4 is 19.5 Å². The standard InChI is InChI=1S/C23H28FN3O5/c1-30-19-12-17(13-20(31-2)22(19)32-3)23(29)27(14-16-4-6-18(24)7-5-16)15-21(28)26-10-8-25-9-11-26/h4-7,12-13,25H,8-11,14-15H2,1-3H3. The third-order valence-corrected chi connectivity index (χ3v) is 5.28. The second-order valence-electron chi connectivity index (χ2n) is 7.33. The normalized spacial score (nSPS) is 13.4. The van der Waals surface area contributed by atoms with Crippen LogP contribution in [0.4, 0.5) is 4.39 Å². The number of hydrogen-bond acceptors (Lipinski definition) is 6. The van der Waals surface area contributed by atoms with E-state index in [-0.39, 0.29) is 36.3 Å². The zero-order chi connectivity index (χ0) is 23.1. The summed E-state index contributed by atoms with van der Waals surface area (Å²) < 4.78 is 29.4. The third kappa shape index (κ3) is 5.47. The fourth-order valence-corrected chi connectivity index (χ4v) is 3.57. The van der Waals surface area contributed by atoms with E-state index in [2.05, 4.69) is 5.32 Å². The third-order valence-electron chi connectivity index (χ3n) is 5.28. The highest BCUT2D eigenvalue weighted by atomic mass is 19.1. The number of ether oxygens (including phenoxy) is 3. The predicted molar refractivity (Wildman–Crippen MR) is 117 cm³/mol. The molecule has 2 aromatic rings. The molecule has 1 N–H and O–H groups in total. The van der Waals surface area contributed by atoms with Crippen molar-refractivity contribution in [3.63, 3.8) is 0 Å². The molecule has 0 bridgehead atoms. The Bertz CT molecular complexity index is 920. The fourth-order valence-electron chi connectivity index (χ4n) is 3.57. The lowest BCUT2D eigenvalue weighted by Gasteiger charge is -2.30. The molecule has 0 saturated carbocycles. The average molecular weight is 445 g/mol. The first-order valence-electron chi connectivity index (χ1n) is 10.3. The van der Waals surface area contributed by atoms with Crippen LogP contribution in [-0.4, -0.2) is 75.7 Å². The smallest absolute Gasteiger partial charge is 0.254 e. The number of benzene rings is 2. The molecule has 8 nitrogen and oxygen atoms in total. The molecule has 0 aromatic heterocycles. The summed E-state index contributed by atoms with van der Waals surface area (Å²) in [5.41, 5.74) is 0.995. The van der Waals surface area contributed by atoms with Gasteiger partial charge >= 0.3 is 0 Å². The molecular formula is C23H28FN3O5. The summed E-state index contributed by atoms with van der Waals surface area (Å²) in [6.07, 6.45) is 0. The zero-order valence-electron chi connectivity index (χ0n) is 18.5. The summed E-state index contributed by atoms with van der Waals surface area (Å²) in [6, 6.07) is 8.96. The van der Waals surface area contributed by atoms with E-state index in [9.17, 15) is 14.0 Å². The number of rotatable bonds is 8. The topological polar surface area (TPSA) is 80.3 Å². The highest BCUT2D eigenvalue weighted by molar-refractivity contribution is 5.97. The van der Waals surface area contributed by atoms with Crippen LogP contribution in [0.3, 0.4) is 0 Å². The van der Waals surface area contributed by atoms with E-state index in [0.717, 1.165) is 0 Å². The van der Waals surface area contributed by atoms with Crippen molar-refractivity contribution in [1.29, 1.82) is 0 Å². The fraction of sp³-hybridized carbons (Fsp3) is 0.391. The summed E-state index contributed by atoms with van der Waals surface area (Å²) >= 11 is 0. The van der Waals surface area contributed by atoms with Gasteiger partial charge in [0.05, 0.1) is 21.3 Å². The van der Waals surface area contributed by atoms with Crippen LogP contribution in [0.1, 0.15) is 15.9 Å². The first-order valence-corrected chi connectivity index (χ1v) is 10.3. The Morgan fingerprint density at radius 3 is 2.12 bits per heavy atom. The van der Waals surface area contributed by atoms with Crippen molar-refractivity contribution < 1.29 is 28.2 Å². The maximum atomic E-state index is 13.5. The summed E-state index contributed by atoms with van der Waals surface area (Å²) in [4.78, 5) is 29.6. The van der Waals surface area contributed by atoms with E-state index in [0.29, 0.717) is 49.0 Å². The molecule has 1 fully saturated rings. The van der Waals surface area contributed by atoms with Crippen molar-refractivity contribution in [2.75, 3.05) is 54.1 Å².